The zero-order chi connectivity index (χ0) is 21.5. The minimum Gasteiger partial charge on any atom is -0.486 e. The van der Waals surface area contributed by atoms with Crippen molar-refractivity contribution in [3.05, 3.63) is 63.9 Å². The minimum atomic E-state index is -0.561. The standard InChI is InChI=1S/C24H25Cl2FO3/c25-19-3-1-2-18(13-19)24(29)11-8-16-4-6-17(7-5-16)12-20(28)15-30-21-9-10-22(26)23(27)14-21/h1-3,9-10,13-14,16-17H,4-8,11-12,15H2. The third-order valence-electron chi connectivity index (χ3n) is 5.70. The molecule has 1 saturated carbocycles. The van der Waals surface area contributed by atoms with Gasteiger partial charge < -0.3 is 4.74 Å². The second kappa shape index (κ2) is 10.9. The fraction of sp³-hybridized carbons (Fsp3) is 0.417. The molecule has 1 aliphatic carbocycles. The van der Waals surface area contributed by atoms with Crippen molar-refractivity contribution >= 4 is 34.8 Å². The molecule has 0 N–H and O–H groups in total. The molecule has 30 heavy (non-hydrogen) atoms. The lowest BCUT2D eigenvalue weighted by Crippen LogP contribution is -2.21. The molecule has 0 saturated heterocycles. The summed E-state index contributed by atoms with van der Waals surface area (Å²) >= 11 is 11.6. The number of carbonyl (C=O) groups is 2. The van der Waals surface area contributed by atoms with Crippen molar-refractivity contribution in [2.45, 2.75) is 44.9 Å². The van der Waals surface area contributed by atoms with E-state index in [0.29, 0.717) is 41.0 Å². The summed E-state index contributed by atoms with van der Waals surface area (Å²) in [6.45, 7) is -0.0604. The van der Waals surface area contributed by atoms with Gasteiger partial charge in [-0.05, 0) is 55.4 Å². The SMILES string of the molecule is O=C(COc1ccc(Cl)c(F)c1)CC1CCC(CCC(=O)c2cccc(Cl)c2)CC1. The van der Waals surface area contributed by atoms with Crippen LogP contribution in [-0.4, -0.2) is 18.2 Å². The van der Waals surface area contributed by atoms with Gasteiger partial charge in [-0.2, -0.15) is 0 Å². The van der Waals surface area contributed by atoms with Crippen molar-refractivity contribution < 1.29 is 18.7 Å². The summed E-state index contributed by atoms with van der Waals surface area (Å²) in [5.41, 5.74) is 0.669. The lowest BCUT2D eigenvalue weighted by atomic mass is 9.78. The number of halogens is 3. The number of Topliss-reactive ketones (excluding diaryl/α,β-unsaturated/α-hetero) is 2. The van der Waals surface area contributed by atoms with Crippen molar-refractivity contribution in [2.75, 3.05) is 6.61 Å². The zero-order valence-corrected chi connectivity index (χ0v) is 18.2. The van der Waals surface area contributed by atoms with Crippen LogP contribution < -0.4 is 4.74 Å². The number of carbonyl (C=O) groups excluding carboxylic acids is 2. The molecule has 0 aromatic heterocycles. The summed E-state index contributed by atoms with van der Waals surface area (Å²) < 4.78 is 18.8. The average Bonchev–Trinajstić information content (AvgIpc) is 2.74. The number of hydrogen-bond acceptors (Lipinski definition) is 3. The van der Waals surface area contributed by atoms with E-state index in [1.54, 1.807) is 30.3 Å². The normalized spacial score (nSPS) is 18.8. The van der Waals surface area contributed by atoms with E-state index in [-0.39, 0.29) is 23.2 Å². The summed E-state index contributed by atoms with van der Waals surface area (Å²) in [5.74, 6) is 0.762. The Morgan fingerprint density at radius 3 is 2.43 bits per heavy atom. The Morgan fingerprint density at radius 2 is 1.73 bits per heavy atom. The van der Waals surface area contributed by atoms with E-state index in [1.165, 1.54) is 12.1 Å². The van der Waals surface area contributed by atoms with Crippen LogP contribution in [0, 0.1) is 17.7 Å². The number of ether oxygens (including phenoxy) is 1. The van der Waals surface area contributed by atoms with E-state index in [4.69, 9.17) is 27.9 Å². The summed E-state index contributed by atoms with van der Waals surface area (Å²) in [7, 11) is 0. The monoisotopic (exact) mass is 450 g/mol. The second-order valence-corrected chi connectivity index (χ2v) is 8.81. The fourth-order valence-corrected chi connectivity index (χ4v) is 4.28. The lowest BCUT2D eigenvalue weighted by molar-refractivity contribution is -0.122. The molecule has 0 spiro atoms. The average molecular weight is 451 g/mol. The first-order valence-electron chi connectivity index (χ1n) is 10.3. The Bertz CT molecular complexity index is 892. The number of benzene rings is 2. The maximum atomic E-state index is 13.4. The lowest BCUT2D eigenvalue weighted by Gasteiger charge is -2.28. The summed E-state index contributed by atoms with van der Waals surface area (Å²) in [5, 5.41) is 0.607. The van der Waals surface area contributed by atoms with Gasteiger partial charge in [-0.25, -0.2) is 4.39 Å². The van der Waals surface area contributed by atoms with Gasteiger partial charge in [-0.3, -0.25) is 9.59 Å². The molecule has 160 valence electrons. The third kappa shape index (κ3) is 6.82. The van der Waals surface area contributed by atoms with Gasteiger partial charge >= 0.3 is 0 Å². The number of hydrogen-bond donors (Lipinski definition) is 0. The molecule has 3 rings (SSSR count). The Kier molecular flexibility index (Phi) is 8.29. The number of rotatable bonds is 9. The molecular weight excluding hydrogens is 426 g/mol. The predicted molar refractivity (Wildman–Crippen MR) is 117 cm³/mol. The van der Waals surface area contributed by atoms with Gasteiger partial charge in [0.2, 0.25) is 0 Å². The van der Waals surface area contributed by atoms with Gasteiger partial charge in [0.05, 0.1) is 5.02 Å². The minimum absolute atomic E-state index is 0.0185. The van der Waals surface area contributed by atoms with Gasteiger partial charge in [0, 0.05) is 29.5 Å². The van der Waals surface area contributed by atoms with Gasteiger partial charge in [0.15, 0.2) is 11.6 Å². The molecule has 0 aliphatic heterocycles. The van der Waals surface area contributed by atoms with Gasteiger partial charge in [-0.1, -0.05) is 48.2 Å². The van der Waals surface area contributed by atoms with Crippen LogP contribution in [0.3, 0.4) is 0 Å². The molecule has 1 fully saturated rings. The first-order valence-corrected chi connectivity index (χ1v) is 11.0. The van der Waals surface area contributed by atoms with E-state index >= 15 is 0 Å². The van der Waals surface area contributed by atoms with Gasteiger partial charge in [-0.15, -0.1) is 0 Å². The topological polar surface area (TPSA) is 43.4 Å². The van der Waals surface area contributed by atoms with E-state index in [0.717, 1.165) is 32.1 Å². The highest BCUT2D eigenvalue weighted by Gasteiger charge is 2.24. The fourth-order valence-electron chi connectivity index (χ4n) is 3.98. The highest BCUT2D eigenvalue weighted by molar-refractivity contribution is 6.31. The Balaban J connectivity index is 1.35. The van der Waals surface area contributed by atoms with Crippen LogP contribution in [0.2, 0.25) is 10.0 Å². The van der Waals surface area contributed by atoms with Crippen LogP contribution in [-0.2, 0) is 4.79 Å². The molecule has 0 bridgehead atoms. The van der Waals surface area contributed by atoms with Crippen LogP contribution >= 0.6 is 23.2 Å². The van der Waals surface area contributed by atoms with Crippen LogP contribution in [0.1, 0.15) is 55.3 Å². The Morgan fingerprint density at radius 1 is 1.00 bits per heavy atom. The van der Waals surface area contributed by atoms with Crippen molar-refractivity contribution in [1.29, 1.82) is 0 Å². The molecule has 0 radical (unpaired) electrons. The number of ketones is 2. The molecule has 2 aromatic carbocycles. The van der Waals surface area contributed by atoms with Gasteiger partial charge in [0.25, 0.3) is 0 Å². The van der Waals surface area contributed by atoms with Crippen molar-refractivity contribution in [3.63, 3.8) is 0 Å². The third-order valence-corrected chi connectivity index (χ3v) is 6.24. The molecule has 0 amide bonds. The van der Waals surface area contributed by atoms with Crippen LogP contribution in [0.5, 0.6) is 5.75 Å². The molecule has 1 aliphatic rings. The quantitative estimate of drug-likeness (QED) is 0.388. The van der Waals surface area contributed by atoms with E-state index in [1.807, 2.05) is 0 Å². The van der Waals surface area contributed by atoms with Crippen molar-refractivity contribution in [2.24, 2.45) is 11.8 Å². The molecule has 6 heteroatoms. The molecule has 0 heterocycles. The summed E-state index contributed by atoms with van der Waals surface area (Å²) in [4.78, 5) is 24.5. The van der Waals surface area contributed by atoms with Crippen molar-refractivity contribution in [1.82, 2.24) is 0 Å². The Labute approximate surface area is 186 Å². The van der Waals surface area contributed by atoms with Crippen LogP contribution in [0.15, 0.2) is 42.5 Å². The highest BCUT2D eigenvalue weighted by atomic mass is 35.5. The molecule has 3 nitrogen and oxygen atoms in total. The summed E-state index contributed by atoms with van der Waals surface area (Å²) in [6.07, 6.45) is 5.91. The van der Waals surface area contributed by atoms with Crippen LogP contribution in [0.25, 0.3) is 0 Å². The Hall–Kier alpha value is -1.91. The molecule has 2 aromatic rings. The zero-order valence-electron chi connectivity index (χ0n) is 16.7. The summed E-state index contributed by atoms with van der Waals surface area (Å²) in [6, 6.07) is 11.2. The molecule has 0 atom stereocenters. The highest BCUT2D eigenvalue weighted by Crippen LogP contribution is 2.34. The largest absolute Gasteiger partial charge is 0.486 e. The predicted octanol–water partition coefficient (Wildman–Crippen LogP) is 6.94. The smallest absolute Gasteiger partial charge is 0.170 e. The van der Waals surface area contributed by atoms with E-state index in [9.17, 15) is 14.0 Å². The molecular formula is C24H25Cl2FO3. The van der Waals surface area contributed by atoms with E-state index in [2.05, 4.69) is 0 Å². The maximum Gasteiger partial charge on any atom is 0.170 e. The van der Waals surface area contributed by atoms with Crippen LogP contribution in [0.4, 0.5) is 4.39 Å². The first kappa shape index (κ1) is 22.8. The molecule has 0 unspecified atom stereocenters. The second-order valence-electron chi connectivity index (χ2n) is 7.97. The first-order chi connectivity index (χ1) is 14.4. The van der Waals surface area contributed by atoms with E-state index < -0.39 is 5.82 Å². The maximum absolute atomic E-state index is 13.4. The van der Waals surface area contributed by atoms with Crippen molar-refractivity contribution in [3.8, 4) is 5.75 Å². The van der Waals surface area contributed by atoms with Gasteiger partial charge in [0.1, 0.15) is 18.2 Å².